The van der Waals surface area contributed by atoms with Gasteiger partial charge in [-0.05, 0) is 23.8 Å². The second kappa shape index (κ2) is 5.87. The molecule has 0 saturated carbocycles. The van der Waals surface area contributed by atoms with Gasteiger partial charge in [0, 0.05) is 17.1 Å². The Morgan fingerprint density at radius 3 is 2.92 bits per heavy atom. The van der Waals surface area contributed by atoms with Crippen LogP contribution in [0.1, 0.15) is 48.1 Å². The van der Waals surface area contributed by atoms with Crippen LogP contribution in [-0.4, -0.2) is 31.1 Å². The van der Waals surface area contributed by atoms with Gasteiger partial charge in [-0.3, -0.25) is 15.2 Å². The Hall–Kier alpha value is -2.81. The summed E-state index contributed by atoms with van der Waals surface area (Å²) in [4.78, 5) is 25.6. The van der Waals surface area contributed by atoms with Gasteiger partial charge in [0.1, 0.15) is 11.4 Å². The zero-order chi connectivity index (χ0) is 18.5. The van der Waals surface area contributed by atoms with Crippen molar-refractivity contribution in [2.24, 2.45) is 0 Å². The van der Waals surface area contributed by atoms with Crippen LogP contribution in [0.2, 0.25) is 0 Å². The molecule has 1 amide bonds. The lowest BCUT2D eigenvalue weighted by molar-refractivity contribution is 0.102. The number of aryl methyl sites for hydroxylation is 1. The molecule has 3 aromatic rings. The highest BCUT2D eigenvalue weighted by atomic mass is 32.1. The quantitative estimate of drug-likeness (QED) is 0.652. The van der Waals surface area contributed by atoms with Crippen LogP contribution < -0.4 is 11.1 Å². The van der Waals surface area contributed by atoms with Crippen molar-refractivity contribution in [3.05, 3.63) is 34.1 Å². The summed E-state index contributed by atoms with van der Waals surface area (Å²) in [6, 6.07) is 0. The van der Waals surface area contributed by atoms with Gasteiger partial charge < -0.3 is 5.73 Å². The van der Waals surface area contributed by atoms with E-state index >= 15 is 0 Å². The molecule has 4 rings (SSSR count). The first-order valence-corrected chi connectivity index (χ1v) is 9.23. The van der Waals surface area contributed by atoms with E-state index in [2.05, 4.69) is 44.3 Å². The van der Waals surface area contributed by atoms with E-state index in [9.17, 15) is 4.79 Å². The summed E-state index contributed by atoms with van der Waals surface area (Å²) in [7, 11) is 0. The lowest BCUT2D eigenvalue weighted by Gasteiger charge is -2.30. The molecule has 134 valence electrons. The van der Waals surface area contributed by atoms with E-state index in [0.717, 1.165) is 23.2 Å². The third-order valence-electron chi connectivity index (χ3n) is 4.54. The number of nitrogens with two attached hydrogens (primary N) is 1. The number of nitrogen functional groups attached to an aromatic ring is 1. The molecule has 0 aromatic carbocycles. The molecule has 0 fully saturated rings. The molecule has 0 unspecified atom stereocenters. The number of nitrogens with zero attached hydrogens (tertiary/aromatic N) is 4. The van der Waals surface area contributed by atoms with Crippen LogP contribution in [0.3, 0.4) is 0 Å². The highest BCUT2D eigenvalue weighted by molar-refractivity contribution is 7.13. The molecule has 1 aliphatic rings. The molecule has 26 heavy (non-hydrogen) atoms. The van der Waals surface area contributed by atoms with Gasteiger partial charge in [0.2, 0.25) is 5.95 Å². The minimum atomic E-state index is -0.293. The maximum Gasteiger partial charge on any atom is 0.275 e. The first-order valence-electron chi connectivity index (χ1n) is 8.35. The number of anilines is 2. The molecule has 0 saturated heterocycles. The normalized spacial score (nSPS) is 14.6. The Balaban J connectivity index is 1.75. The highest BCUT2D eigenvalue weighted by Gasteiger charge is 2.38. The van der Waals surface area contributed by atoms with Crippen LogP contribution >= 0.6 is 11.3 Å². The lowest BCUT2D eigenvalue weighted by Crippen LogP contribution is -2.29. The van der Waals surface area contributed by atoms with Crippen LogP contribution in [0.4, 0.5) is 11.1 Å². The molecule has 9 heteroatoms. The number of hydrogen-bond donors (Lipinski definition) is 3. The average molecular weight is 369 g/mol. The fourth-order valence-corrected chi connectivity index (χ4v) is 4.13. The molecular weight excluding hydrogens is 350 g/mol. The molecule has 4 N–H and O–H groups in total. The number of nitrogens with one attached hydrogen (secondary N) is 2. The van der Waals surface area contributed by atoms with Gasteiger partial charge in [-0.15, -0.1) is 11.3 Å². The SMILES string of the molecule is CCc1csc(NC(=O)c2[nH]nc3c2C(C)(C)Cc2cnc(N)nc2-3)n1. The van der Waals surface area contributed by atoms with E-state index < -0.39 is 0 Å². The fourth-order valence-electron chi connectivity index (χ4n) is 3.34. The first-order chi connectivity index (χ1) is 12.4. The number of fused-ring (bicyclic) bond motifs is 3. The summed E-state index contributed by atoms with van der Waals surface area (Å²) >= 11 is 1.41. The van der Waals surface area contributed by atoms with Gasteiger partial charge in [-0.25, -0.2) is 15.0 Å². The zero-order valence-electron chi connectivity index (χ0n) is 14.8. The van der Waals surface area contributed by atoms with Crippen molar-refractivity contribution in [1.82, 2.24) is 25.1 Å². The maximum atomic E-state index is 12.8. The summed E-state index contributed by atoms with van der Waals surface area (Å²) in [5.41, 5.74) is 10.00. The Morgan fingerprint density at radius 1 is 1.38 bits per heavy atom. The first kappa shape index (κ1) is 16.6. The molecule has 0 bridgehead atoms. The third kappa shape index (κ3) is 2.64. The number of H-pyrrole nitrogens is 1. The monoisotopic (exact) mass is 369 g/mol. The van der Waals surface area contributed by atoms with Gasteiger partial charge in [0.25, 0.3) is 5.91 Å². The standard InChI is InChI=1S/C17H19N7OS/c1-4-9-7-26-16(20-9)22-14(25)13-10-12(23-24-13)11-8(5-17(10,2)3)6-19-15(18)21-11/h6-7H,4-5H2,1-3H3,(H,23,24)(H2,18,19,21)(H,20,22,25). The van der Waals surface area contributed by atoms with Crippen molar-refractivity contribution >= 4 is 28.3 Å². The molecule has 8 nitrogen and oxygen atoms in total. The number of carbonyl (C=O) groups is 1. The molecule has 0 radical (unpaired) electrons. The minimum absolute atomic E-state index is 0.193. The number of thiazole rings is 1. The van der Waals surface area contributed by atoms with E-state index in [4.69, 9.17) is 5.73 Å². The second-order valence-electron chi connectivity index (χ2n) is 6.94. The van der Waals surface area contributed by atoms with Crippen LogP contribution in [-0.2, 0) is 18.3 Å². The van der Waals surface area contributed by atoms with Crippen molar-refractivity contribution in [2.75, 3.05) is 11.1 Å². The van der Waals surface area contributed by atoms with Gasteiger partial charge in [-0.1, -0.05) is 20.8 Å². The van der Waals surface area contributed by atoms with Gasteiger partial charge in [-0.2, -0.15) is 5.10 Å². The largest absolute Gasteiger partial charge is 0.368 e. The maximum absolute atomic E-state index is 12.8. The minimum Gasteiger partial charge on any atom is -0.368 e. The number of carbonyl (C=O) groups excluding carboxylic acids is 1. The second-order valence-corrected chi connectivity index (χ2v) is 7.79. The van der Waals surface area contributed by atoms with Crippen molar-refractivity contribution in [1.29, 1.82) is 0 Å². The molecule has 3 aromatic heterocycles. The van der Waals surface area contributed by atoms with Crippen LogP contribution in [0, 0.1) is 0 Å². The lowest BCUT2D eigenvalue weighted by atomic mass is 9.73. The number of aromatic nitrogens is 5. The molecule has 3 heterocycles. The zero-order valence-corrected chi connectivity index (χ0v) is 15.6. The van der Waals surface area contributed by atoms with E-state index in [1.807, 2.05) is 12.3 Å². The van der Waals surface area contributed by atoms with Crippen LogP contribution in [0.25, 0.3) is 11.4 Å². The summed E-state index contributed by atoms with van der Waals surface area (Å²) < 4.78 is 0. The number of amides is 1. The topological polar surface area (TPSA) is 122 Å². The summed E-state index contributed by atoms with van der Waals surface area (Å²) in [5, 5.41) is 12.6. The van der Waals surface area contributed by atoms with Gasteiger partial charge >= 0.3 is 0 Å². The predicted molar refractivity (Wildman–Crippen MR) is 100 cm³/mol. The van der Waals surface area contributed by atoms with Crippen LogP contribution in [0.5, 0.6) is 0 Å². The van der Waals surface area contributed by atoms with Gasteiger partial charge in [0.05, 0.1) is 11.4 Å². The van der Waals surface area contributed by atoms with E-state index in [0.29, 0.717) is 28.6 Å². The van der Waals surface area contributed by atoms with E-state index in [1.165, 1.54) is 11.3 Å². The number of aromatic amines is 1. The molecule has 1 aliphatic carbocycles. The molecule has 0 aliphatic heterocycles. The Kier molecular flexibility index (Phi) is 3.76. The smallest absolute Gasteiger partial charge is 0.275 e. The molecular formula is C17H19N7OS. The van der Waals surface area contributed by atoms with Gasteiger partial charge in [0.15, 0.2) is 5.13 Å². The van der Waals surface area contributed by atoms with Crippen molar-refractivity contribution in [2.45, 2.75) is 39.0 Å². The summed E-state index contributed by atoms with van der Waals surface area (Å²) in [6.45, 7) is 6.19. The molecule has 0 spiro atoms. The van der Waals surface area contributed by atoms with E-state index in [1.54, 1.807) is 6.20 Å². The Morgan fingerprint density at radius 2 is 2.19 bits per heavy atom. The summed E-state index contributed by atoms with van der Waals surface area (Å²) in [6.07, 6.45) is 3.27. The van der Waals surface area contributed by atoms with Crippen molar-refractivity contribution in [3.63, 3.8) is 0 Å². The summed E-state index contributed by atoms with van der Waals surface area (Å²) in [5.74, 6) is -0.0624. The predicted octanol–water partition coefficient (Wildman–Crippen LogP) is 2.55. The number of rotatable bonds is 3. The Labute approximate surface area is 154 Å². The van der Waals surface area contributed by atoms with Crippen molar-refractivity contribution < 1.29 is 4.79 Å². The fraction of sp³-hybridized carbons (Fsp3) is 0.353. The Bertz CT molecular complexity index is 1000. The van der Waals surface area contributed by atoms with Crippen molar-refractivity contribution in [3.8, 4) is 11.4 Å². The van der Waals surface area contributed by atoms with E-state index in [-0.39, 0.29) is 17.3 Å². The average Bonchev–Trinajstić information content (AvgIpc) is 3.22. The van der Waals surface area contributed by atoms with Crippen LogP contribution in [0.15, 0.2) is 11.6 Å². The highest BCUT2D eigenvalue weighted by Crippen LogP contribution is 2.42. The molecule has 0 atom stereocenters. The number of hydrogen-bond acceptors (Lipinski definition) is 7. The third-order valence-corrected chi connectivity index (χ3v) is 5.35.